The first-order valence-electron chi connectivity index (χ1n) is 11.1. The van der Waals surface area contributed by atoms with Gasteiger partial charge in [0.2, 0.25) is 5.91 Å². The number of nitrogens with zero attached hydrogens (tertiary/aromatic N) is 4. The monoisotopic (exact) mass is 453 g/mol. The van der Waals surface area contributed by atoms with Crippen molar-refractivity contribution in [2.24, 2.45) is 0 Å². The molecule has 1 aromatic heterocycles. The predicted octanol–water partition coefficient (Wildman–Crippen LogP) is 4.90. The topological polar surface area (TPSA) is 63.1 Å². The fourth-order valence-corrected chi connectivity index (χ4v) is 4.83. The van der Waals surface area contributed by atoms with Crippen LogP contribution >= 0.6 is 11.8 Å². The van der Waals surface area contributed by atoms with Gasteiger partial charge in [-0.05, 0) is 68.8 Å². The number of benzene rings is 2. The van der Waals surface area contributed by atoms with Crippen molar-refractivity contribution >= 4 is 23.4 Å². The van der Waals surface area contributed by atoms with Crippen molar-refractivity contribution in [1.29, 1.82) is 0 Å². The number of hydrogen-bond donors (Lipinski definition) is 1. The molecule has 0 bridgehead atoms. The van der Waals surface area contributed by atoms with Gasteiger partial charge in [-0.25, -0.2) is 4.39 Å². The Morgan fingerprint density at radius 3 is 2.47 bits per heavy atom. The molecule has 8 heteroatoms. The van der Waals surface area contributed by atoms with Gasteiger partial charge in [-0.1, -0.05) is 43.3 Å². The first-order valence-corrected chi connectivity index (χ1v) is 12.0. The number of carbonyl (C=O) groups excluding carboxylic acids is 1. The Balaban J connectivity index is 1.55. The van der Waals surface area contributed by atoms with Crippen LogP contribution in [-0.4, -0.2) is 43.9 Å². The van der Waals surface area contributed by atoms with Crippen LogP contribution in [0.1, 0.15) is 38.4 Å². The standard InChI is InChI=1S/C24H28FN5OS/c1-2-21(23(31)26-19-13-11-18(25)12-14-19)32-24-28-27-22(17-29-15-7-4-8-16-29)30(24)20-9-5-3-6-10-20/h3,5-6,9-14,21H,2,4,7-8,15-17H2,1H3,(H,26,31). The summed E-state index contributed by atoms with van der Waals surface area (Å²) in [5.74, 6) is 0.417. The molecule has 6 nitrogen and oxygen atoms in total. The van der Waals surface area contributed by atoms with E-state index in [0.29, 0.717) is 17.3 Å². The van der Waals surface area contributed by atoms with Gasteiger partial charge in [-0.2, -0.15) is 0 Å². The third kappa shape index (κ3) is 5.55. The van der Waals surface area contributed by atoms with E-state index in [2.05, 4.69) is 25.0 Å². The van der Waals surface area contributed by atoms with Gasteiger partial charge in [0.15, 0.2) is 11.0 Å². The summed E-state index contributed by atoms with van der Waals surface area (Å²) in [5, 5.41) is 12.2. The lowest BCUT2D eigenvalue weighted by molar-refractivity contribution is -0.115. The number of nitrogens with one attached hydrogen (secondary N) is 1. The third-order valence-corrected chi connectivity index (χ3v) is 6.86. The van der Waals surface area contributed by atoms with Gasteiger partial charge in [0.1, 0.15) is 5.82 Å². The zero-order valence-corrected chi connectivity index (χ0v) is 19.0. The second-order valence-corrected chi connectivity index (χ2v) is 9.09. The van der Waals surface area contributed by atoms with Crippen molar-refractivity contribution in [1.82, 2.24) is 19.7 Å². The minimum Gasteiger partial charge on any atom is -0.325 e. The molecule has 0 spiro atoms. The molecule has 168 valence electrons. The molecule has 1 aliphatic rings. The SMILES string of the molecule is CCC(Sc1nnc(CN2CCCCC2)n1-c1ccccc1)C(=O)Nc1ccc(F)cc1. The summed E-state index contributed by atoms with van der Waals surface area (Å²) >= 11 is 1.41. The summed E-state index contributed by atoms with van der Waals surface area (Å²) in [5.41, 5.74) is 1.56. The molecule has 0 radical (unpaired) electrons. The number of amides is 1. The van der Waals surface area contributed by atoms with Crippen molar-refractivity contribution < 1.29 is 9.18 Å². The summed E-state index contributed by atoms with van der Waals surface area (Å²) in [7, 11) is 0. The lowest BCUT2D eigenvalue weighted by Crippen LogP contribution is -2.30. The van der Waals surface area contributed by atoms with Gasteiger partial charge in [0.05, 0.1) is 11.8 Å². The van der Waals surface area contributed by atoms with Crippen LogP contribution in [0, 0.1) is 5.82 Å². The van der Waals surface area contributed by atoms with Crippen LogP contribution in [0.4, 0.5) is 10.1 Å². The zero-order chi connectivity index (χ0) is 22.3. The zero-order valence-electron chi connectivity index (χ0n) is 18.2. The van der Waals surface area contributed by atoms with E-state index in [1.807, 2.05) is 37.3 Å². The van der Waals surface area contributed by atoms with Gasteiger partial charge in [0, 0.05) is 11.4 Å². The van der Waals surface area contributed by atoms with E-state index in [0.717, 1.165) is 31.1 Å². The molecule has 0 saturated carbocycles. The van der Waals surface area contributed by atoms with Crippen molar-refractivity contribution in [2.45, 2.75) is 49.6 Å². The molecule has 1 fully saturated rings. The number of hydrogen-bond acceptors (Lipinski definition) is 5. The smallest absolute Gasteiger partial charge is 0.237 e. The number of likely N-dealkylation sites (tertiary alicyclic amines) is 1. The van der Waals surface area contributed by atoms with Crippen LogP contribution in [-0.2, 0) is 11.3 Å². The van der Waals surface area contributed by atoms with Crippen molar-refractivity contribution in [3.63, 3.8) is 0 Å². The summed E-state index contributed by atoms with van der Waals surface area (Å²) in [6.45, 7) is 4.85. The maximum atomic E-state index is 13.2. The molecule has 4 rings (SSSR count). The lowest BCUT2D eigenvalue weighted by atomic mass is 10.1. The third-order valence-electron chi connectivity index (χ3n) is 5.55. The summed E-state index contributed by atoms with van der Waals surface area (Å²) in [6.07, 6.45) is 4.33. The largest absolute Gasteiger partial charge is 0.325 e. The molecular formula is C24H28FN5OS. The second kappa shape index (κ2) is 10.7. The van der Waals surface area contributed by atoms with E-state index in [1.54, 1.807) is 12.1 Å². The number of aromatic nitrogens is 3. The Bertz CT molecular complexity index is 1020. The number of para-hydroxylation sites is 1. The van der Waals surface area contributed by atoms with Crippen molar-refractivity contribution in [3.05, 3.63) is 66.2 Å². The molecule has 32 heavy (non-hydrogen) atoms. The molecule has 1 N–H and O–H groups in total. The molecule has 1 atom stereocenters. The van der Waals surface area contributed by atoms with Gasteiger partial charge in [-0.15, -0.1) is 10.2 Å². The number of halogens is 1. The number of anilines is 1. The van der Waals surface area contributed by atoms with E-state index in [1.165, 1.54) is 43.2 Å². The quantitative estimate of drug-likeness (QED) is 0.492. The van der Waals surface area contributed by atoms with E-state index in [-0.39, 0.29) is 17.0 Å². The Morgan fingerprint density at radius 2 is 1.78 bits per heavy atom. The van der Waals surface area contributed by atoms with Crippen LogP contribution in [0.25, 0.3) is 5.69 Å². The molecule has 1 saturated heterocycles. The number of piperidine rings is 1. The molecule has 1 amide bonds. The van der Waals surface area contributed by atoms with E-state index in [9.17, 15) is 9.18 Å². The van der Waals surface area contributed by atoms with Crippen LogP contribution in [0.15, 0.2) is 59.8 Å². The second-order valence-electron chi connectivity index (χ2n) is 7.92. The Morgan fingerprint density at radius 1 is 1.06 bits per heavy atom. The Labute approximate surface area is 192 Å². The molecule has 2 aromatic carbocycles. The van der Waals surface area contributed by atoms with Crippen LogP contribution < -0.4 is 5.32 Å². The maximum Gasteiger partial charge on any atom is 0.237 e. The summed E-state index contributed by atoms with van der Waals surface area (Å²) in [4.78, 5) is 15.3. The van der Waals surface area contributed by atoms with E-state index < -0.39 is 0 Å². The molecular weight excluding hydrogens is 425 g/mol. The average Bonchev–Trinajstić information content (AvgIpc) is 3.22. The molecule has 0 aliphatic carbocycles. The number of carbonyl (C=O) groups is 1. The molecule has 1 unspecified atom stereocenters. The van der Waals surface area contributed by atoms with Gasteiger partial charge in [0.25, 0.3) is 0 Å². The van der Waals surface area contributed by atoms with Gasteiger partial charge < -0.3 is 5.32 Å². The van der Waals surface area contributed by atoms with E-state index >= 15 is 0 Å². The highest BCUT2D eigenvalue weighted by molar-refractivity contribution is 8.00. The van der Waals surface area contributed by atoms with Gasteiger partial charge in [-0.3, -0.25) is 14.3 Å². The molecule has 3 aromatic rings. The van der Waals surface area contributed by atoms with E-state index in [4.69, 9.17) is 0 Å². The minimum absolute atomic E-state index is 0.135. The highest BCUT2D eigenvalue weighted by atomic mass is 32.2. The van der Waals surface area contributed by atoms with Crippen molar-refractivity contribution in [3.8, 4) is 5.69 Å². The Hall–Kier alpha value is -2.71. The minimum atomic E-state index is -0.352. The normalized spacial score (nSPS) is 15.4. The van der Waals surface area contributed by atoms with Crippen LogP contribution in [0.5, 0.6) is 0 Å². The van der Waals surface area contributed by atoms with Crippen LogP contribution in [0.2, 0.25) is 0 Å². The van der Waals surface area contributed by atoms with Gasteiger partial charge >= 0.3 is 0 Å². The lowest BCUT2D eigenvalue weighted by Gasteiger charge is -2.26. The molecule has 1 aliphatic heterocycles. The first kappa shape index (κ1) is 22.5. The number of rotatable bonds is 8. The summed E-state index contributed by atoms with van der Waals surface area (Å²) < 4.78 is 15.2. The number of thioether (sulfide) groups is 1. The maximum absolute atomic E-state index is 13.2. The summed E-state index contributed by atoms with van der Waals surface area (Å²) in [6, 6.07) is 15.8. The van der Waals surface area contributed by atoms with Crippen molar-refractivity contribution in [2.75, 3.05) is 18.4 Å². The highest BCUT2D eigenvalue weighted by Gasteiger charge is 2.24. The first-order chi connectivity index (χ1) is 15.6. The molecule has 2 heterocycles. The Kier molecular flexibility index (Phi) is 7.55. The van der Waals surface area contributed by atoms with Crippen LogP contribution in [0.3, 0.4) is 0 Å². The fourth-order valence-electron chi connectivity index (χ4n) is 3.84. The highest BCUT2D eigenvalue weighted by Crippen LogP contribution is 2.29. The fraction of sp³-hybridized carbons (Fsp3) is 0.375. The average molecular weight is 454 g/mol. The predicted molar refractivity (Wildman–Crippen MR) is 125 cm³/mol.